The molecule has 2 aromatic carbocycles. The Morgan fingerprint density at radius 2 is 1.92 bits per heavy atom. The van der Waals surface area contributed by atoms with Gasteiger partial charge in [0.1, 0.15) is 5.69 Å². The van der Waals surface area contributed by atoms with Crippen LogP contribution < -0.4 is 10.9 Å². The highest BCUT2D eigenvalue weighted by molar-refractivity contribution is 6.04. The first kappa shape index (κ1) is 15.8. The monoisotopic (exact) mass is 345 g/mol. The normalized spacial score (nSPS) is 10.8. The summed E-state index contributed by atoms with van der Waals surface area (Å²) in [6.45, 7) is 0. The summed E-state index contributed by atoms with van der Waals surface area (Å²) in [5.41, 5.74) is 2.87. The van der Waals surface area contributed by atoms with Gasteiger partial charge in [0.15, 0.2) is 0 Å². The lowest BCUT2D eigenvalue weighted by Gasteiger charge is -2.05. The van der Waals surface area contributed by atoms with Crippen LogP contribution in [0.1, 0.15) is 10.5 Å². The highest BCUT2D eigenvalue weighted by Gasteiger charge is 2.12. The molecule has 2 aromatic heterocycles. The van der Waals surface area contributed by atoms with Crippen molar-refractivity contribution >= 4 is 22.5 Å². The van der Waals surface area contributed by atoms with Gasteiger partial charge in [-0.15, -0.1) is 0 Å². The van der Waals surface area contributed by atoms with Gasteiger partial charge in [0, 0.05) is 18.3 Å². The van der Waals surface area contributed by atoms with E-state index < -0.39 is 0 Å². The number of anilines is 1. The highest BCUT2D eigenvalue weighted by Crippen LogP contribution is 2.19. The third-order valence-electron chi connectivity index (χ3n) is 4.07. The van der Waals surface area contributed by atoms with E-state index in [0.717, 1.165) is 5.56 Å². The first-order chi connectivity index (χ1) is 12.6. The van der Waals surface area contributed by atoms with Gasteiger partial charge in [0.05, 0.1) is 22.9 Å². The van der Waals surface area contributed by atoms with Gasteiger partial charge in [-0.2, -0.15) is 5.10 Å². The summed E-state index contributed by atoms with van der Waals surface area (Å²) < 4.78 is 1.40. The van der Waals surface area contributed by atoms with Crippen LogP contribution in [0.15, 0.2) is 65.7 Å². The number of H-pyrrole nitrogens is 1. The van der Waals surface area contributed by atoms with Crippen molar-refractivity contribution in [2.75, 3.05) is 5.32 Å². The Bertz CT molecular complexity index is 1160. The highest BCUT2D eigenvalue weighted by atomic mass is 16.2. The second kappa shape index (κ2) is 6.29. The molecule has 0 fully saturated rings. The number of aromatic amines is 1. The quantitative estimate of drug-likeness (QED) is 0.597. The average molecular weight is 345 g/mol. The Hall–Kier alpha value is -3.74. The number of aromatic nitrogens is 4. The van der Waals surface area contributed by atoms with Gasteiger partial charge < -0.3 is 9.88 Å². The Balaban J connectivity index is 1.61. The zero-order valence-electron chi connectivity index (χ0n) is 13.9. The van der Waals surface area contributed by atoms with Gasteiger partial charge in [-0.05, 0) is 24.3 Å². The van der Waals surface area contributed by atoms with Crippen LogP contribution in [0.4, 0.5) is 5.69 Å². The maximum atomic E-state index is 12.5. The fourth-order valence-electron chi connectivity index (χ4n) is 2.68. The van der Waals surface area contributed by atoms with E-state index in [-0.39, 0.29) is 11.5 Å². The van der Waals surface area contributed by atoms with Gasteiger partial charge in [-0.3, -0.25) is 14.7 Å². The molecule has 7 heteroatoms. The van der Waals surface area contributed by atoms with Crippen LogP contribution in [0.3, 0.4) is 0 Å². The number of carbonyl (C=O) groups is 1. The zero-order chi connectivity index (χ0) is 18.1. The molecule has 0 spiro atoms. The van der Waals surface area contributed by atoms with E-state index in [1.54, 1.807) is 31.3 Å². The molecule has 128 valence electrons. The minimum Gasteiger partial charge on any atom is -0.321 e. The predicted octanol–water partition coefficient (Wildman–Crippen LogP) is 2.58. The van der Waals surface area contributed by atoms with Crippen LogP contribution >= 0.6 is 0 Å². The van der Waals surface area contributed by atoms with Crippen molar-refractivity contribution in [3.05, 3.63) is 77.0 Å². The fraction of sp³-hybridized carbons (Fsp3) is 0.0526. The lowest BCUT2D eigenvalue weighted by Crippen LogP contribution is -2.17. The molecule has 4 rings (SSSR count). The average Bonchev–Trinajstić information content (AvgIpc) is 3.16. The lowest BCUT2D eigenvalue weighted by atomic mass is 10.1. The third kappa shape index (κ3) is 2.86. The predicted molar refractivity (Wildman–Crippen MR) is 99.0 cm³/mol. The molecule has 2 heterocycles. The van der Waals surface area contributed by atoms with Crippen LogP contribution in [0, 0.1) is 0 Å². The summed E-state index contributed by atoms with van der Waals surface area (Å²) in [5.74, 6) is -0.334. The molecule has 0 radical (unpaired) electrons. The van der Waals surface area contributed by atoms with E-state index in [2.05, 4.69) is 20.5 Å². The van der Waals surface area contributed by atoms with Crippen molar-refractivity contribution in [2.45, 2.75) is 0 Å². The number of nitrogens with one attached hydrogen (secondary N) is 2. The van der Waals surface area contributed by atoms with Crippen molar-refractivity contribution in [3.63, 3.8) is 0 Å². The summed E-state index contributed by atoms with van der Waals surface area (Å²) >= 11 is 0. The van der Waals surface area contributed by atoms with Crippen LogP contribution in [-0.4, -0.2) is 25.7 Å². The molecular weight excluding hydrogens is 330 g/mol. The number of fused-ring (bicyclic) bond motifs is 1. The zero-order valence-corrected chi connectivity index (χ0v) is 13.9. The third-order valence-corrected chi connectivity index (χ3v) is 4.07. The number of aryl methyl sites for hydroxylation is 1. The summed E-state index contributed by atoms with van der Waals surface area (Å²) in [7, 11) is 1.63. The van der Waals surface area contributed by atoms with E-state index in [1.807, 2.05) is 30.3 Å². The number of hydrogen-bond acceptors (Lipinski definition) is 4. The maximum absolute atomic E-state index is 12.5. The molecule has 4 aromatic rings. The SMILES string of the molecule is Cn1cnc2ccc(NC(=O)c3cc(-c4ccccc4)n[nH]3)cc2c1=O. The summed E-state index contributed by atoms with van der Waals surface area (Å²) in [5, 5.41) is 10.1. The topological polar surface area (TPSA) is 92.7 Å². The van der Waals surface area contributed by atoms with Crippen molar-refractivity contribution in [2.24, 2.45) is 7.05 Å². The van der Waals surface area contributed by atoms with Gasteiger partial charge in [0.2, 0.25) is 0 Å². The molecule has 0 unspecified atom stereocenters. The minimum absolute atomic E-state index is 0.168. The molecule has 7 nitrogen and oxygen atoms in total. The number of carbonyl (C=O) groups excluding carboxylic acids is 1. The minimum atomic E-state index is -0.334. The number of rotatable bonds is 3. The molecule has 0 bridgehead atoms. The number of hydrogen-bond donors (Lipinski definition) is 2. The lowest BCUT2D eigenvalue weighted by molar-refractivity contribution is 0.102. The molecule has 0 aliphatic heterocycles. The van der Waals surface area contributed by atoms with E-state index in [1.165, 1.54) is 10.9 Å². The molecule has 0 aliphatic carbocycles. The number of amides is 1. The van der Waals surface area contributed by atoms with Gasteiger partial charge in [-0.25, -0.2) is 4.98 Å². The second-order valence-electron chi connectivity index (χ2n) is 5.88. The molecule has 0 saturated heterocycles. The Morgan fingerprint density at radius 3 is 2.73 bits per heavy atom. The van der Waals surface area contributed by atoms with Crippen LogP contribution in [0.2, 0.25) is 0 Å². The van der Waals surface area contributed by atoms with E-state index in [0.29, 0.717) is 28.0 Å². The molecule has 0 aliphatic rings. The largest absolute Gasteiger partial charge is 0.321 e. The summed E-state index contributed by atoms with van der Waals surface area (Å²) in [4.78, 5) is 28.8. The smallest absolute Gasteiger partial charge is 0.273 e. The van der Waals surface area contributed by atoms with Gasteiger partial charge in [0.25, 0.3) is 11.5 Å². The number of nitrogens with zero attached hydrogens (tertiary/aromatic N) is 3. The number of benzene rings is 2. The fourth-order valence-corrected chi connectivity index (χ4v) is 2.68. The molecule has 0 atom stereocenters. The molecule has 0 saturated carbocycles. The van der Waals surface area contributed by atoms with E-state index in [4.69, 9.17) is 0 Å². The Kier molecular flexibility index (Phi) is 3.81. The van der Waals surface area contributed by atoms with Crippen molar-refractivity contribution < 1.29 is 4.79 Å². The summed E-state index contributed by atoms with van der Waals surface area (Å²) in [6, 6.07) is 16.3. The standard InChI is InChI=1S/C19H15N5O2/c1-24-11-20-15-8-7-13(9-14(15)19(24)26)21-18(25)17-10-16(22-23-17)12-5-3-2-4-6-12/h2-11H,1H3,(H,21,25)(H,22,23). The summed E-state index contributed by atoms with van der Waals surface area (Å²) in [6.07, 6.45) is 1.47. The van der Waals surface area contributed by atoms with Crippen molar-refractivity contribution in [3.8, 4) is 11.3 Å². The Morgan fingerprint density at radius 1 is 1.12 bits per heavy atom. The van der Waals surface area contributed by atoms with Crippen molar-refractivity contribution in [1.29, 1.82) is 0 Å². The van der Waals surface area contributed by atoms with E-state index >= 15 is 0 Å². The second-order valence-corrected chi connectivity index (χ2v) is 5.88. The van der Waals surface area contributed by atoms with Crippen LogP contribution in [0.25, 0.3) is 22.2 Å². The molecular formula is C19H15N5O2. The first-order valence-electron chi connectivity index (χ1n) is 7.99. The molecule has 26 heavy (non-hydrogen) atoms. The van der Waals surface area contributed by atoms with Crippen molar-refractivity contribution in [1.82, 2.24) is 19.7 Å². The van der Waals surface area contributed by atoms with Gasteiger partial charge in [-0.1, -0.05) is 30.3 Å². The van der Waals surface area contributed by atoms with Crippen LogP contribution in [0.5, 0.6) is 0 Å². The van der Waals surface area contributed by atoms with Gasteiger partial charge >= 0.3 is 0 Å². The van der Waals surface area contributed by atoms with E-state index in [9.17, 15) is 9.59 Å². The molecule has 1 amide bonds. The first-order valence-corrected chi connectivity index (χ1v) is 7.99. The van der Waals surface area contributed by atoms with Crippen LogP contribution in [-0.2, 0) is 7.05 Å². The maximum Gasteiger partial charge on any atom is 0.273 e. The Labute approximate surface area is 148 Å². The molecule has 2 N–H and O–H groups in total.